The van der Waals surface area contributed by atoms with Gasteiger partial charge in [-0.2, -0.15) is 4.98 Å². The maximum Gasteiger partial charge on any atom is 0.225 e. The first-order chi connectivity index (χ1) is 9.24. The Hall–Kier alpha value is -1.81. The second-order valence-corrected chi connectivity index (χ2v) is 4.58. The van der Waals surface area contributed by atoms with E-state index in [1.807, 2.05) is 12.1 Å². The van der Waals surface area contributed by atoms with Crippen LogP contribution >= 0.6 is 11.6 Å². The number of benzene rings is 1. The van der Waals surface area contributed by atoms with Crippen LogP contribution in [0, 0.1) is 6.92 Å². The van der Waals surface area contributed by atoms with Crippen LogP contribution in [-0.2, 0) is 0 Å². The Kier molecular flexibility index (Phi) is 4.58. The first-order valence-corrected chi connectivity index (χ1v) is 6.71. The standard InChI is InChI=1S/C14H17ClN4/c1-3-7-16-13-11-9-10(2)4-5-12(11)18-14(19-13)17-8-6-15/h3-5,9H,1,6-8H2,2H3,(H2,16,17,18,19). The molecule has 0 bridgehead atoms. The number of nitrogens with one attached hydrogen (secondary N) is 2. The minimum atomic E-state index is 0.519. The molecule has 0 radical (unpaired) electrons. The number of fused-ring (bicyclic) bond motifs is 1. The Morgan fingerprint density at radius 2 is 2.16 bits per heavy atom. The number of hydrogen-bond acceptors (Lipinski definition) is 4. The number of aryl methyl sites for hydroxylation is 1. The summed E-state index contributed by atoms with van der Waals surface area (Å²) in [6, 6.07) is 6.11. The molecule has 0 saturated heterocycles. The fourth-order valence-corrected chi connectivity index (χ4v) is 1.88. The van der Waals surface area contributed by atoms with Crippen LogP contribution in [0.4, 0.5) is 11.8 Å². The van der Waals surface area contributed by atoms with Gasteiger partial charge in [0.15, 0.2) is 0 Å². The van der Waals surface area contributed by atoms with Crippen molar-refractivity contribution in [3.8, 4) is 0 Å². The molecule has 1 aromatic heterocycles. The zero-order chi connectivity index (χ0) is 13.7. The summed E-state index contributed by atoms with van der Waals surface area (Å²) in [6.07, 6.45) is 1.80. The molecule has 100 valence electrons. The lowest BCUT2D eigenvalue weighted by Crippen LogP contribution is -2.09. The lowest BCUT2D eigenvalue weighted by atomic mass is 10.1. The number of halogens is 1. The minimum Gasteiger partial charge on any atom is -0.366 e. The molecule has 2 rings (SSSR count). The average molecular weight is 277 g/mol. The lowest BCUT2D eigenvalue weighted by molar-refractivity contribution is 1.10. The molecule has 1 heterocycles. The van der Waals surface area contributed by atoms with Crippen LogP contribution in [0.15, 0.2) is 30.9 Å². The smallest absolute Gasteiger partial charge is 0.225 e. The fraction of sp³-hybridized carbons (Fsp3) is 0.286. The van der Waals surface area contributed by atoms with Gasteiger partial charge in [0.05, 0.1) is 5.52 Å². The van der Waals surface area contributed by atoms with Gasteiger partial charge in [-0.05, 0) is 19.1 Å². The van der Waals surface area contributed by atoms with Gasteiger partial charge in [-0.3, -0.25) is 0 Å². The first-order valence-electron chi connectivity index (χ1n) is 6.17. The molecule has 4 nitrogen and oxygen atoms in total. The van der Waals surface area contributed by atoms with Gasteiger partial charge >= 0.3 is 0 Å². The summed E-state index contributed by atoms with van der Waals surface area (Å²) < 4.78 is 0. The van der Waals surface area contributed by atoms with Crippen LogP contribution in [0.1, 0.15) is 5.56 Å². The van der Waals surface area contributed by atoms with Crippen LogP contribution in [-0.4, -0.2) is 28.9 Å². The summed E-state index contributed by atoms with van der Waals surface area (Å²) in [4.78, 5) is 8.95. The Labute approximate surface area is 117 Å². The molecule has 0 amide bonds. The quantitative estimate of drug-likeness (QED) is 0.628. The van der Waals surface area contributed by atoms with Gasteiger partial charge in [0.1, 0.15) is 5.82 Å². The van der Waals surface area contributed by atoms with Crippen molar-refractivity contribution in [3.63, 3.8) is 0 Å². The number of rotatable bonds is 6. The number of hydrogen-bond donors (Lipinski definition) is 2. The fourth-order valence-electron chi connectivity index (χ4n) is 1.78. The zero-order valence-corrected chi connectivity index (χ0v) is 11.7. The Bertz CT molecular complexity index is 583. The van der Waals surface area contributed by atoms with Crippen molar-refractivity contribution in [3.05, 3.63) is 36.4 Å². The van der Waals surface area contributed by atoms with E-state index in [-0.39, 0.29) is 0 Å². The highest BCUT2D eigenvalue weighted by Gasteiger charge is 2.07. The van der Waals surface area contributed by atoms with Crippen molar-refractivity contribution in [1.82, 2.24) is 9.97 Å². The largest absolute Gasteiger partial charge is 0.366 e. The normalized spacial score (nSPS) is 10.4. The van der Waals surface area contributed by atoms with E-state index in [1.165, 1.54) is 5.56 Å². The summed E-state index contributed by atoms with van der Waals surface area (Å²) in [6.45, 7) is 7.06. The third kappa shape index (κ3) is 3.35. The molecule has 1 aromatic carbocycles. The molecular weight excluding hydrogens is 260 g/mol. The zero-order valence-electron chi connectivity index (χ0n) is 10.9. The molecule has 0 spiro atoms. The molecule has 2 aromatic rings. The maximum atomic E-state index is 5.67. The summed E-state index contributed by atoms with van der Waals surface area (Å²) >= 11 is 5.67. The number of nitrogens with zero attached hydrogens (tertiary/aromatic N) is 2. The number of anilines is 2. The summed E-state index contributed by atoms with van der Waals surface area (Å²) in [5, 5.41) is 7.35. The second kappa shape index (κ2) is 6.38. The topological polar surface area (TPSA) is 49.8 Å². The molecule has 0 unspecified atom stereocenters. The lowest BCUT2D eigenvalue weighted by Gasteiger charge is -2.10. The van der Waals surface area contributed by atoms with Gasteiger partial charge in [0, 0.05) is 24.4 Å². The molecule has 0 saturated carbocycles. The van der Waals surface area contributed by atoms with E-state index in [2.05, 4.69) is 40.2 Å². The SMILES string of the molecule is C=CCNc1nc(NCCCl)nc2ccc(C)cc12. The van der Waals surface area contributed by atoms with Gasteiger partial charge in [-0.15, -0.1) is 18.2 Å². The molecule has 5 heteroatoms. The van der Waals surface area contributed by atoms with E-state index in [9.17, 15) is 0 Å². The van der Waals surface area contributed by atoms with Crippen molar-refractivity contribution >= 4 is 34.3 Å². The Morgan fingerprint density at radius 1 is 1.32 bits per heavy atom. The molecule has 2 N–H and O–H groups in total. The Balaban J connectivity index is 2.45. The van der Waals surface area contributed by atoms with Gasteiger partial charge in [-0.1, -0.05) is 17.7 Å². The molecule has 19 heavy (non-hydrogen) atoms. The molecule has 0 aliphatic rings. The van der Waals surface area contributed by atoms with Crippen molar-refractivity contribution in [2.24, 2.45) is 0 Å². The molecule has 0 aliphatic carbocycles. The van der Waals surface area contributed by atoms with Gasteiger partial charge < -0.3 is 10.6 Å². The van der Waals surface area contributed by atoms with Gasteiger partial charge in [-0.25, -0.2) is 4.98 Å². The molecule has 0 fully saturated rings. The minimum absolute atomic E-state index is 0.519. The van der Waals surface area contributed by atoms with Crippen molar-refractivity contribution in [2.45, 2.75) is 6.92 Å². The van der Waals surface area contributed by atoms with Crippen LogP contribution in [0.2, 0.25) is 0 Å². The molecule has 0 aliphatic heterocycles. The summed E-state index contributed by atoms with van der Waals surface area (Å²) in [5.41, 5.74) is 2.09. The van der Waals surface area contributed by atoms with Crippen LogP contribution in [0.25, 0.3) is 10.9 Å². The third-order valence-corrected chi connectivity index (χ3v) is 2.83. The highest BCUT2D eigenvalue weighted by atomic mass is 35.5. The van der Waals surface area contributed by atoms with E-state index >= 15 is 0 Å². The first kappa shape index (κ1) is 13.6. The van der Waals surface area contributed by atoms with Gasteiger partial charge in [0.25, 0.3) is 0 Å². The second-order valence-electron chi connectivity index (χ2n) is 4.20. The van der Waals surface area contributed by atoms with E-state index in [0.29, 0.717) is 24.9 Å². The average Bonchev–Trinajstić information content (AvgIpc) is 2.42. The van der Waals surface area contributed by atoms with E-state index in [1.54, 1.807) is 6.08 Å². The predicted molar refractivity (Wildman–Crippen MR) is 82.2 cm³/mol. The van der Waals surface area contributed by atoms with E-state index in [4.69, 9.17) is 11.6 Å². The third-order valence-electron chi connectivity index (χ3n) is 2.64. The van der Waals surface area contributed by atoms with Crippen molar-refractivity contribution < 1.29 is 0 Å². The van der Waals surface area contributed by atoms with Crippen molar-refractivity contribution in [1.29, 1.82) is 0 Å². The Morgan fingerprint density at radius 3 is 2.89 bits per heavy atom. The van der Waals surface area contributed by atoms with Crippen LogP contribution in [0.3, 0.4) is 0 Å². The van der Waals surface area contributed by atoms with Gasteiger partial charge in [0.2, 0.25) is 5.95 Å². The maximum absolute atomic E-state index is 5.67. The summed E-state index contributed by atoms with van der Waals surface area (Å²) in [7, 11) is 0. The summed E-state index contributed by atoms with van der Waals surface area (Å²) in [5.74, 6) is 1.92. The predicted octanol–water partition coefficient (Wildman–Crippen LogP) is 3.19. The molecule has 0 atom stereocenters. The van der Waals surface area contributed by atoms with E-state index < -0.39 is 0 Å². The highest BCUT2D eigenvalue weighted by Crippen LogP contribution is 2.23. The van der Waals surface area contributed by atoms with Crippen LogP contribution in [0.5, 0.6) is 0 Å². The van der Waals surface area contributed by atoms with Crippen molar-refractivity contribution in [2.75, 3.05) is 29.6 Å². The monoisotopic (exact) mass is 276 g/mol. The van der Waals surface area contributed by atoms with E-state index in [0.717, 1.165) is 16.7 Å². The van der Waals surface area contributed by atoms with Crippen LogP contribution < -0.4 is 10.6 Å². The number of alkyl halides is 1. The highest BCUT2D eigenvalue weighted by molar-refractivity contribution is 6.18. The number of aromatic nitrogens is 2. The molecular formula is C14H17ClN4.